The van der Waals surface area contributed by atoms with Crippen molar-refractivity contribution in [2.75, 3.05) is 31.5 Å². The molecule has 1 fully saturated rings. The summed E-state index contributed by atoms with van der Waals surface area (Å²) in [5.41, 5.74) is 0.963. The molecule has 1 aliphatic heterocycles. The second kappa shape index (κ2) is 6.75. The molecule has 1 aliphatic rings. The lowest BCUT2D eigenvalue weighted by Crippen LogP contribution is -2.51. The Morgan fingerprint density at radius 2 is 1.90 bits per heavy atom. The predicted octanol–water partition coefficient (Wildman–Crippen LogP) is 3.45. The van der Waals surface area contributed by atoms with E-state index in [0.717, 1.165) is 13.1 Å². The largest absolute Gasteiger partial charge is 0.322 e. The van der Waals surface area contributed by atoms with Gasteiger partial charge in [-0.1, -0.05) is 0 Å². The summed E-state index contributed by atoms with van der Waals surface area (Å²) in [6.07, 6.45) is 0. The zero-order valence-electron chi connectivity index (χ0n) is 12.6. The fourth-order valence-corrected chi connectivity index (χ4v) is 2.85. The summed E-state index contributed by atoms with van der Waals surface area (Å²) in [6, 6.07) is 3.65. The number of rotatable bonds is 2. The molecule has 0 saturated carbocycles. The SMILES string of the molecule is Cc1c(NC(=O)N2CCN(C(C)C)CC2)ccc(Br)c1F. The van der Waals surface area contributed by atoms with E-state index in [2.05, 4.69) is 40.0 Å². The lowest BCUT2D eigenvalue weighted by molar-refractivity contribution is 0.125. The highest BCUT2D eigenvalue weighted by atomic mass is 79.9. The first-order chi connectivity index (χ1) is 9.90. The Hall–Kier alpha value is -1.14. The Kier molecular flexibility index (Phi) is 5.22. The van der Waals surface area contributed by atoms with Crippen molar-refractivity contribution in [2.45, 2.75) is 26.8 Å². The summed E-state index contributed by atoms with van der Waals surface area (Å²) in [6.45, 7) is 9.11. The van der Waals surface area contributed by atoms with Crippen LogP contribution in [-0.4, -0.2) is 48.1 Å². The maximum absolute atomic E-state index is 13.8. The van der Waals surface area contributed by atoms with Crippen LogP contribution in [0.2, 0.25) is 0 Å². The van der Waals surface area contributed by atoms with Crippen LogP contribution in [0.3, 0.4) is 0 Å². The maximum atomic E-state index is 13.8. The summed E-state index contributed by atoms with van der Waals surface area (Å²) in [7, 11) is 0. The van der Waals surface area contributed by atoms with E-state index in [-0.39, 0.29) is 11.8 Å². The number of carbonyl (C=O) groups excluding carboxylic acids is 1. The topological polar surface area (TPSA) is 35.6 Å². The van der Waals surface area contributed by atoms with Crippen LogP contribution in [0, 0.1) is 12.7 Å². The van der Waals surface area contributed by atoms with Crippen molar-refractivity contribution in [3.05, 3.63) is 28.0 Å². The molecule has 4 nitrogen and oxygen atoms in total. The Labute approximate surface area is 133 Å². The van der Waals surface area contributed by atoms with Crippen LogP contribution >= 0.6 is 15.9 Å². The van der Waals surface area contributed by atoms with Crippen LogP contribution in [0.5, 0.6) is 0 Å². The number of piperazine rings is 1. The lowest BCUT2D eigenvalue weighted by Gasteiger charge is -2.36. The summed E-state index contributed by atoms with van der Waals surface area (Å²) in [5.74, 6) is -0.336. The molecule has 0 aromatic heterocycles. The Bertz CT molecular complexity index is 528. The monoisotopic (exact) mass is 357 g/mol. The number of nitrogens with zero attached hydrogens (tertiary/aromatic N) is 2. The number of nitrogens with one attached hydrogen (secondary N) is 1. The molecule has 1 N–H and O–H groups in total. The fraction of sp³-hybridized carbons (Fsp3) is 0.533. The van der Waals surface area contributed by atoms with E-state index in [0.29, 0.717) is 34.9 Å². The van der Waals surface area contributed by atoms with Crippen molar-refractivity contribution in [3.63, 3.8) is 0 Å². The number of hydrogen-bond acceptors (Lipinski definition) is 2. The van der Waals surface area contributed by atoms with Crippen LogP contribution in [0.15, 0.2) is 16.6 Å². The highest BCUT2D eigenvalue weighted by molar-refractivity contribution is 9.10. The van der Waals surface area contributed by atoms with Gasteiger partial charge in [0.05, 0.1) is 4.47 Å². The summed E-state index contributed by atoms with van der Waals surface area (Å²) in [5, 5.41) is 2.80. The number of amides is 2. The molecule has 1 heterocycles. The van der Waals surface area contributed by atoms with E-state index in [1.54, 1.807) is 24.0 Å². The van der Waals surface area contributed by atoms with Gasteiger partial charge in [-0.15, -0.1) is 0 Å². The van der Waals surface area contributed by atoms with E-state index >= 15 is 0 Å². The van der Waals surface area contributed by atoms with Crippen LogP contribution in [-0.2, 0) is 0 Å². The smallest absolute Gasteiger partial charge is 0.321 e. The van der Waals surface area contributed by atoms with Crippen molar-refractivity contribution >= 4 is 27.6 Å². The summed E-state index contributed by atoms with van der Waals surface area (Å²) in [4.78, 5) is 16.4. The van der Waals surface area contributed by atoms with Gasteiger partial charge in [-0.05, 0) is 48.8 Å². The second-order valence-electron chi connectivity index (χ2n) is 5.58. The van der Waals surface area contributed by atoms with Gasteiger partial charge in [0, 0.05) is 43.5 Å². The number of benzene rings is 1. The third-order valence-corrected chi connectivity index (χ3v) is 4.53. The molecule has 1 aromatic carbocycles. The third-order valence-electron chi connectivity index (χ3n) is 3.91. The van der Waals surface area contributed by atoms with Crippen LogP contribution in [0.4, 0.5) is 14.9 Å². The Morgan fingerprint density at radius 3 is 2.48 bits per heavy atom. The van der Waals surface area contributed by atoms with Crippen molar-refractivity contribution in [2.24, 2.45) is 0 Å². The van der Waals surface area contributed by atoms with Crippen LogP contribution < -0.4 is 5.32 Å². The van der Waals surface area contributed by atoms with Crippen LogP contribution in [0.25, 0.3) is 0 Å². The highest BCUT2D eigenvalue weighted by Gasteiger charge is 2.23. The molecule has 0 atom stereocenters. The third kappa shape index (κ3) is 3.74. The lowest BCUT2D eigenvalue weighted by atomic mass is 10.2. The minimum Gasteiger partial charge on any atom is -0.322 e. The Balaban J connectivity index is 1.98. The van der Waals surface area contributed by atoms with E-state index < -0.39 is 0 Å². The first-order valence-electron chi connectivity index (χ1n) is 7.14. The molecule has 0 unspecified atom stereocenters. The number of anilines is 1. The second-order valence-corrected chi connectivity index (χ2v) is 6.44. The number of carbonyl (C=O) groups is 1. The van der Waals surface area contributed by atoms with Crippen molar-refractivity contribution in [3.8, 4) is 0 Å². The minimum absolute atomic E-state index is 0.164. The molecule has 0 spiro atoms. The zero-order chi connectivity index (χ0) is 15.6. The fourth-order valence-electron chi connectivity index (χ4n) is 2.42. The molecule has 1 saturated heterocycles. The molecule has 0 aliphatic carbocycles. The number of urea groups is 1. The van der Waals surface area contributed by atoms with E-state index in [1.807, 2.05) is 0 Å². The van der Waals surface area contributed by atoms with Gasteiger partial charge in [-0.2, -0.15) is 0 Å². The molecule has 2 amide bonds. The van der Waals surface area contributed by atoms with E-state index in [1.165, 1.54) is 0 Å². The Morgan fingerprint density at radius 1 is 1.29 bits per heavy atom. The number of halogens is 2. The molecule has 21 heavy (non-hydrogen) atoms. The van der Waals surface area contributed by atoms with Crippen LogP contribution in [0.1, 0.15) is 19.4 Å². The van der Waals surface area contributed by atoms with Gasteiger partial charge >= 0.3 is 6.03 Å². The summed E-state index contributed by atoms with van der Waals surface area (Å²) < 4.78 is 14.2. The predicted molar refractivity (Wildman–Crippen MR) is 86.1 cm³/mol. The quantitative estimate of drug-likeness (QED) is 0.879. The molecular formula is C15H21BrFN3O. The number of hydrogen-bond donors (Lipinski definition) is 1. The average Bonchev–Trinajstić information content (AvgIpc) is 2.48. The molecular weight excluding hydrogens is 337 g/mol. The molecule has 6 heteroatoms. The highest BCUT2D eigenvalue weighted by Crippen LogP contribution is 2.25. The minimum atomic E-state index is -0.336. The van der Waals surface area contributed by atoms with Crippen molar-refractivity contribution < 1.29 is 9.18 Å². The van der Waals surface area contributed by atoms with E-state index in [4.69, 9.17) is 0 Å². The first-order valence-corrected chi connectivity index (χ1v) is 7.94. The normalized spacial score (nSPS) is 16.4. The van der Waals surface area contributed by atoms with Gasteiger partial charge in [0.25, 0.3) is 0 Å². The summed E-state index contributed by atoms with van der Waals surface area (Å²) >= 11 is 3.14. The molecule has 0 bridgehead atoms. The molecule has 2 rings (SSSR count). The van der Waals surface area contributed by atoms with E-state index in [9.17, 15) is 9.18 Å². The zero-order valence-corrected chi connectivity index (χ0v) is 14.2. The van der Waals surface area contributed by atoms with Crippen molar-refractivity contribution in [1.29, 1.82) is 0 Å². The molecule has 116 valence electrons. The molecule has 0 radical (unpaired) electrons. The van der Waals surface area contributed by atoms with Gasteiger partial charge in [0.2, 0.25) is 0 Å². The van der Waals surface area contributed by atoms with Gasteiger partial charge in [-0.25, -0.2) is 9.18 Å². The standard InChI is InChI=1S/C15H21BrFN3O/c1-10(2)19-6-8-20(9-7-19)15(21)18-13-5-4-12(16)14(17)11(13)3/h4-5,10H,6-9H2,1-3H3,(H,18,21). The van der Waals surface area contributed by atoms with Gasteiger partial charge in [-0.3, -0.25) is 4.90 Å². The van der Waals surface area contributed by atoms with Gasteiger partial charge in [0.15, 0.2) is 0 Å². The first kappa shape index (κ1) is 16.2. The van der Waals surface area contributed by atoms with Gasteiger partial charge in [0.1, 0.15) is 5.82 Å². The maximum Gasteiger partial charge on any atom is 0.321 e. The van der Waals surface area contributed by atoms with Crippen molar-refractivity contribution in [1.82, 2.24) is 9.80 Å². The average molecular weight is 358 g/mol. The van der Waals surface area contributed by atoms with Gasteiger partial charge < -0.3 is 10.2 Å². The molecule has 1 aromatic rings.